The number of hydrazone groups is 1. The van der Waals surface area contributed by atoms with Gasteiger partial charge in [-0.2, -0.15) is 5.10 Å². The number of benzene rings is 1. The lowest BCUT2D eigenvalue weighted by atomic mass is 9.40. The van der Waals surface area contributed by atoms with Gasteiger partial charge in [0.05, 0.1) is 18.7 Å². The number of carbonyl (C=O) groups is 1. The van der Waals surface area contributed by atoms with Crippen LogP contribution in [-0.4, -0.2) is 19.2 Å². The quantitative estimate of drug-likeness (QED) is 0.661. The van der Waals surface area contributed by atoms with Crippen LogP contribution in [0.2, 0.25) is 0 Å². The van der Waals surface area contributed by atoms with Crippen LogP contribution in [0.1, 0.15) is 57.9 Å². The first-order valence-corrected chi connectivity index (χ1v) is 9.32. The second kappa shape index (κ2) is 5.58. The number of ether oxygens (including phenoxy) is 1. The van der Waals surface area contributed by atoms with E-state index in [0.717, 1.165) is 30.6 Å². The van der Waals surface area contributed by atoms with E-state index >= 15 is 0 Å². The summed E-state index contributed by atoms with van der Waals surface area (Å²) in [7, 11) is 1.65. The highest BCUT2D eigenvalue weighted by atomic mass is 16.5. The standard InChI is InChI=1S/C21H28N2O2/c1-19-8-16-9-20(2,12-19)14-21(10-16,13-19)18(24)23-22-11-15-4-6-17(25-3)7-5-15/h4-7,11,16H,8-10,12-14H2,1-3H3,(H,23,24). The third-order valence-corrected chi connectivity index (χ3v) is 6.60. The highest BCUT2D eigenvalue weighted by molar-refractivity contribution is 5.86. The molecule has 0 heterocycles. The summed E-state index contributed by atoms with van der Waals surface area (Å²) < 4.78 is 5.15. The molecule has 0 aromatic heterocycles. The average molecular weight is 340 g/mol. The summed E-state index contributed by atoms with van der Waals surface area (Å²) in [5.41, 5.74) is 4.27. The van der Waals surface area contributed by atoms with E-state index in [9.17, 15) is 4.79 Å². The largest absolute Gasteiger partial charge is 0.497 e. The zero-order chi connectivity index (χ0) is 17.7. The summed E-state index contributed by atoms with van der Waals surface area (Å²) in [6, 6.07) is 7.65. The summed E-state index contributed by atoms with van der Waals surface area (Å²) in [4.78, 5) is 13.0. The number of carbonyl (C=O) groups excluding carboxylic acids is 1. The van der Waals surface area contributed by atoms with Crippen molar-refractivity contribution in [1.29, 1.82) is 0 Å². The maximum Gasteiger partial charge on any atom is 0.246 e. The highest BCUT2D eigenvalue weighted by Crippen LogP contribution is 2.69. The van der Waals surface area contributed by atoms with Crippen LogP contribution in [0.25, 0.3) is 0 Å². The number of nitrogens with one attached hydrogen (secondary N) is 1. The molecule has 4 fully saturated rings. The molecular formula is C21H28N2O2. The Hall–Kier alpha value is -1.84. The van der Waals surface area contributed by atoms with Crippen LogP contribution in [-0.2, 0) is 4.79 Å². The van der Waals surface area contributed by atoms with Gasteiger partial charge in [-0.15, -0.1) is 0 Å². The van der Waals surface area contributed by atoms with Gasteiger partial charge in [0.1, 0.15) is 5.75 Å². The predicted molar refractivity (Wildman–Crippen MR) is 98.6 cm³/mol. The zero-order valence-corrected chi connectivity index (χ0v) is 15.5. The molecule has 2 atom stereocenters. The Balaban J connectivity index is 1.46. The molecule has 5 rings (SSSR count). The van der Waals surface area contributed by atoms with Crippen molar-refractivity contribution < 1.29 is 9.53 Å². The van der Waals surface area contributed by atoms with E-state index < -0.39 is 0 Å². The average Bonchev–Trinajstić information content (AvgIpc) is 2.52. The molecule has 4 nitrogen and oxygen atoms in total. The van der Waals surface area contributed by atoms with E-state index in [0.29, 0.717) is 16.7 Å². The molecule has 1 N–H and O–H groups in total. The van der Waals surface area contributed by atoms with Crippen LogP contribution in [0.15, 0.2) is 29.4 Å². The van der Waals surface area contributed by atoms with Crippen molar-refractivity contribution in [3.05, 3.63) is 29.8 Å². The van der Waals surface area contributed by atoms with Gasteiger partial charge in [0.15, 0.2) is 0 Å². The molecule has 0 aliphatic heterocycles. The molecular weight excluding hydrogens is 312 g/mol. The molecule has 1 amide bonds. The molecule has 4 saturated carbocycles. The fraction of sp³-hybridized carbons (Fsp3) is 0.619. The second-order valence-electron chi connectivity index (χ2n) is 9.38. The van der Waals surface area contributed by atoms with Gasteiger partial charge in [-0.3, -0.25) is 4.79 Å². The van der Waals surface area contributed by atoms with Crippen LogP contribution >= 0.6 is 0 Å². The molecule has 1 aromatic rings. The maximum atomic E-state index is 13.0. The predicted octanol–water partition coefficient (Wildman–Crippen LogP) is 4.14. The summed E-state index contributed by atoms with van der Waals surface area (Å²) in [5, 5.41) is 4.23. The van der Waals surface area contributed by atoms with Crippen molar-refractivity contribution in [1.82, 2.24) is 5.43 Å². The van der Waals surface area contributed by atoms with Crippen molar-refractivity contribution in [3.63, 3.8) is 0 Å². The monoisotopic (exact) mass is 340 g/mol. The van der Waals surface area contributed by atoms with Gasteiger partial charge in [0.25, 0.3) is 0 Å². The minimum absolute atomic E-state index is 0.124. The van der Waals surface area contributed by atoms with Crippen molar-refractivity contribution in [2.45, 2.75) is 52.4 Å². The number of methoxy groups -OCH3 is 1. The van der Waals surface area contributed by atoms with E-state index in [1.165, 1.54) is 19.3 Å². The molecule has 4 bridgehead atoms. The topological polar surface area (TPSA) is 50.7 Å². The Morgan fingerprint density at radius 1 is 1.12 bits per heavy atom. The van der Waals surface area contributed by atoms with Crippen LogP contribution in [0, 0.1) is 22.2 Å². The molecule has 2 unspecified atom stereocenters. The number of amides is 1. The summed E-state index contributed by atoms with van der Waals surface area (Å²) in [6.45, 7) is 4.77. The van der Waals surface area contributed by atoms with Crippen LogP contribution in [0.5, 0.6) is 5.75 Å². The molecule has 4 aliphatic rings. The Morgan fingerprint density at radius 3 is 2.32 bits per heavy atom. The van der Waals surface area contributed by atoms with Crippen LogP contribution in [0.3, 0.4) is 0 Å². The third kappa shape index (κ3) is 2.96. The fourth-order valence-electron chi connectivity index (χ4n) is 6.67. The first-order valence-electron chi connectivity index (χ1n) is 9.32. The number of rotatable bonds is 4. The minimum atomic E-state index is -0.208. The number of hydrogen-bond donors (Lipinski definition) is 1. The Morgan fingerprint density at radius 2 is 1.76 bits per heavy atom. The first kappa shape index (κ1) is 16.6. The summed E-state index contributed by atoms with van der Waals surface area (Å²) in [6.07, 6.45) is 8.68. The van der Waals surface area contributed by atoms with Crippen molar-refractivity contribution in [2.24, 2.45) is 27.3 Å². The lowest BCUT2D eigenvalue weighted by molar-refractivity contribution is -0.170. The van der Waals surface area contributed by atoms with Gasteiger partial charge in [0.2, 0.25) is 5.91 Å². The second-order valence-corrected chi connectivity index (χ2v) is 9.38. The van der Waals surface area contributed by atoms with Gasteiger partial charge >= 0.3 is 0 Å². The lowest BCUT2D eigenvalue weighted by Gasteiger charge is -2.64. The lowest BCUT2D eigenvalue weighted by Crippen LogP contribution is -2.59. The summed E-state index contributed by atoms with van der Waals surface area (Å²) >= 11 is 0. The van der Waals surface area contributed by atoms with E-state index in [1.54, 1.807) is 13.3 Å². The smallest absolute Gasteiger partial charge is 0.246 e. The van der Waals surface area contributed by atoms with E-state index in [2.05, 4.69) is 24.4 Å². The first-order chi connectivity index (χ1) is 11.8. The van der Waals surface area contributed by atoms with Crippen molar-refractivity contribution in [2.75, 3.05) is 7.11 Å². The molecule has 0 saturated heterocycles. The molecule has 4 aliphatic carbocycles. The van der Waals surface area contributed by atoms with Gasteiger partial charge in [-0.25, -0.2) is 5.43 Å². The molecule has 1 aromatic carbocycles. The Bertz CT molecular complexity index is 691. The van der Waals surface area contributed by atoms with E-state index in [-0.39, 0.29) is 11.3 Å². The molecule has 0 spiro atoms. The highest BCUT2D eigenvalue weighted by Gasteiger charge is 2.62. The van der Waals surface area contributed by atoms with E-state index in [1.807, 2.05) is 24.3 Å². The minimum Gasteiger partial charge on any atom is -0.497 e. The molecule has 0 radical (unpaired) electrons. The van der Waals surface area contributed by atoms with Crippen molar-refractivity contribution in [3.8, 4) is 5.75 Å². The molecule has 4 heteroatoms. The SMILES string of the molecule is COc1ccc(C=NNC(=O)C23CC4CC(C)(CC(C)(C4)C2)C3)cc1. The van der Waals surface area contributed by atoms with Crippen LogP contribution in [0.4, 0.5) is 0 Å². The van der Waals surface area contributed by atoms with Crippen LogP contribution < -0.4 is 10.2 Å². The zero-order valence-electron chi connectivity index (χ0n) is 15.5. The van der Waals surface area contributed by atoms with Gasteiger partial charge in [-0.1, -0.05) is 13.8 Å². The maximum absolute atomic E-state index is 13.0. The van der Waals surface area contributed by atoms with E-state index in [4.69, 9.17) is 4.74 Å². The fourth-order valence-corrected chi connectivity index (χ4v) is 6.67. The Kier molecular flexibility index (Phi) is 3.71. The summed E-state index contributed by atoms with van der Waals surface area (Å²) in [5.74, 6) is 1.65. The van der Waals surface area contributed by atoms with Gasteiger partial charge in [-0.05, 0) is 85.1 Å². The molecule has 25 heavy (non-hydrogen) atoms. The normalized spacial score (nSPS) is 38.9. The number of hydrogen-bond acceptors (Lipinski definition) is 3. The molecule has 134 valence electrons. The van der Waals surface area contributed by atoms with Gasteiger partial charge in [0, 0.05) is 0 Å². The van der Waals surface area contributed by atoms with Gasteiger partial charge < -0.3 is 4.74 Å². The van der Waals surface area contributed by atoms with Crippen molar-refractivity contribution >= 4 is 12.1 Å². The number of nitrogens with zero attached hydrogens (tertiary/aromatic N) is 1. The Labute approximate surface area is 150 Å². The third-order valence-electron chi connectivity index (χ3n) is 6.60.